The number of hydrogen-bond donors (Lipinski definition) is 2. The zero-order valence-electron chi connectivity index (χ0n) is 8.32. The predicted molar refractivity (Wildman–Crippen MR) is 57.6 cm³/mol. The summed E-state index contributed by atoms with van der Waals surface area (Å²) in [5.41, 5.74) is 0. The minimum Gasteiger partial charge on any atom is -0.481 e. The summed E-state index contributed by atoms with van der Waals surface area (Å²) in [6, 6.07) is 0. The summed E-state index contributed by atoms with van der Waals surface area (Å²) in [5.74, 6) is -0.127. The van der Waals surface area contributed by atoms with E-state index in [9.17, 15) is 9.90 Å². The predicted octanol–water partition coefficient (Wildman–Crippen LogP) is 1.89. The third-order valence-electron chi connectivity index (χ3n) is 2.57. The molecule has 0 radical (unpaired) electrons. The minimum absolute atomic E-state index is 0.202. The third kappa shape index (κ3) is 4.33. The van der Waals surface area contributed by atoms with Gasteiger partial charge in [-0.3, -0.25) is 4.79 Å². The molecule has 0 aromatic rings. The second-order valence-corrected chi connectivity index (χ2v) is 5.11. The Labute approximate surface area is 88.9 Å². The Morgan fingerprint density at radius 2 is 2.00 bits per heavy atom. The Kier molecular flexibility index (Phi) is 5.33. The molecule has 2 unspecified atom stereocenters. The largest absolute Gasteiger partial charge is 0.481 e. The van der Waals surface area contributed by atoms with Gasteiger partial charge in [0.1, 0.15) is 0 Å². The minimum atomic E-state index is -0.749. The molecule has 0 heterocycles. The molecule has 0 bridgehead atoms. The average Bonchev–Trinajstić information content (AvgIpc) is 2.31. The van der Waals surface area contributed by atoms with Crippen molar-refractivity contribution in [3.8, 4) is 0 Å². The first kappa shape index (κ1) is 11.9. The Morgan fingerprint density at radius 3 is 2.71 bits per heavy atom. The molecule has 3 nitrogen and oxygen atoms in total. The van der Waals surface area contributed by atoms with Crippen molar-refractivity contribution in [2.45, 2.75) is 49.9 Å². The summed E-state index contributed by atoms with van der Waals surface area (Å²) in [5, 5.41) is 18.5. The molecule has 0 saturated heterocycles. The fourth-order valence-electron chi connectivity index (χ4n) is 1.75. The molecule has 0 aromatic heterocycles. The van der Waals surface area contributed by atoms with Crippen molar-refractivity contribution in [1.29, 1.82) is 0 Å². The highest BCUT2D eigenvalue weighted by Gasteiger charge is 2.21. The Balaban J connectivity index is 2.22. The van der Waals surface area contributed by atoms with Crippen molar-refractivity contribution >= 4 is 17.7 Å². The summed E-state index contributed by atoms with van der Waals surface area (Å²) in [7, 11) is 0. The van der Waals surface area contributed by atoms with E-state index in [0.717, 1.165) is 19.3 Å². The highest BCUT2D eigenvalue weighted by molar-refractivity contribution is 7.99. The Morgan fingerprint density at radius 1 is 1.29 bits per heavy atom. The highest BCUT2D eigenvalue weighted by atomic mass is 32.2. The van der Waals surface area contributed by atoms with Gasteiger partial charge in [0, 0.05) is 11.0 Å². The second kappa shape index (κ2) is 6.30. The zero-order chi connectivity index (χ0) is 10.4. The lowest BCUT2D eigenvalue weighted by Crippen LogP contribution is -2.22. The molecule has 0 amide bonds. The van der Waals surface area contributed by atoms with E-state index in [-0.39, 0.29) is 17.8 Å². The normalized spacial score (nSPS) is 28.4. The van der Waals surface area contributed by atoms with Crippen LogP contribution in [0.2, 0.25) is 0 Å². The maximum atomic E-state index is 10.3. The first-order chi connectivity index (χ1) is 6.70. The van der Waals surface area contributed by atoms with Crippen molar-refractivity contribution in [3.63, 3.8) is 0 Å². The highest BCUT2D eigenvalue weighted by Crippen LogP contribution is 2.28. The van der Waals surface area contributed by atoms with E-state index in [1.807, 2.05) is 0 Å². The van der Waals surface area contributed by atoms with Crippen LogP contribution in [0.5, 0.6) is 0 Å². The van der Waals surface area contributed by atoms with Gasteiger partial charge in [0.15, 0.2) is 0 Å². The second-order valence-electron chi connectivity index (χ2n) is 3.76. The Bertz CT molecular complexity index is 184. The summed E-state index contributed by atoms with van der Waals surface area (Å²) < 4.78 is 0. The van der Waals surface area contributed by atoms with E-state index in [4.69, 9.17) is 5.11 Å². The van der Waals surface area contributed by atoms with Crippen LogP contribution in [0.25, 0.3) is 0 Å². The van der Waals surface area contributed by atoms with Gasteiger partial charge in [-0.1, -0.05) is 19.3 Å². The van der Waals surface area contributed by atoms with E-state index in [0.29, 0.717) is 5.75 Å². The van der Waals surface area contributed by atoms with Crippen LogP contribution in [0.3, 0.4) is 0 Å². The molecule has 1 aliphatic carbocycles. The van der Waals surface area contributed by atoms with Crippen LogP contribution >= 0.6 is 11.8 Å². The Hall–Kier alpha value is -0.220. The molecule has 82 valence electrons. The molecular formula is C10H18O3S. The van der Waals surface area contributed by atoms with Gasteiger partial charge in [0.25, 0.3) is 0 Å². The summed E-state index contributed by atoms with van der Waals surface area (Å²) >= 11 is 1.62. The van der Waals surface area contributed by atoms with Crippen LogP contribution < -0.4 is 0 Å². The van der Waals surface area contributed by atoms with Crippen LogP contribution in [-0.2, 0) is 4.79 Å². The molecule has 2 N–H and O–H groups in total. The number of aliphatic hydroxyl groups is 1. The van der Waals surface area contributed by atoms with Gasteiger partial charge < -0.3 is 10.2 Å². The SMILES string of the molecule is O=C(O)CCSC1CCCCCC1O. The standard InChI is InChI=1S/C10H18O3S/c11-8-4-2-1-3-5-9(8)14-7-6-10(12)13/h8-9,11H,1-7H2,(H,12,13). The first-order valence-corrected chi connectivity index (χ1v) is 6.26. The number of aliphatic hydroxyl groups excluding tert-OH is 1. The van der Waals surface area contributed by atoms with Crippen molar-refractivity contribution in [2.75, 3.05) is 5.75 Å². The number of carboxylic acid groups (broad SMARTS) is 1. The number of carboxylic acids is 1. The zero-order valence-corrected chi connectivity index (χ0v) is 9.13. The summed E-state index contributed by atoms with van der Waals surface area (Å²) in [4.78, 5) is 10.3. The molecule has 1 aliphatic rings. The maximum Gasteiger partial charge on any atom is 0.304 e. The topological polar surface area (TPSA) is 57.5 Å². The van der Waals surface area contributed by atoms with Gasteiger partial charge in [-0.25, -0.2) is 0 Å². The fourth-order valence-corrected chi connectivity index (χ4v) is 3.03. The smallest absolute Gasteiger partial charge is 0.304 e. The van der Waals surface area contributed by atoms with Crippen molar-refractivity contribution in [3.05, 3.63) is 0 Å². The molecule has 4 heteroatoms. The van der Waals surface area contributed by atoms with Gasteiger partial charge >= 0.3 is 5.97 Å². The molecule has 0 spiro atoms. The van der Waals surface area contributed by atoms with Gasteiger partial charge in [0.2, 0.25) is 0 Å². The van der Waals surface area contributed by atoms with Gasteiger partial charge in [-0.05, 0) is 12.8 Å². The molecule has 2 atom stereocenters. The van der Waals surface area contributed by atoms with Crippen LogP contribution in [-0.4, -0.2) is 33.3 Å². The molecule has 1 rings (SSSR count). The lowest BCUT2D eigenvalue weighted by atomic mass is 10.1. The van der Waals surface area contributed by atoms with Gasteiger partial charge in [-0.15, -0.1) is 0 Å². The third-order valence-corrected chi connectivity index (χ3v) is 3.98. The van der Waals surface area contributed by atoms with Gasteiger partial charge in [-0.2, -0.15) is 11.8 Å². The van der Waals surface area contributed by atoms with E-state index < -0.39 is 5.97 Å². The monoisotopic (exact) mass is 218 g/mol. The molecular weight excluding hydrogens is 200 g/mol. The van der Waals surface area contributed by atoms with Crippen molar-refractivity contribution < 1.29 is 15.0 Å². The van der Waals surface area contributed by atoms with Crippen LogP contribution in [0, 0.1) is 0 Å². The number of thioether (sulfide) groups is 1. The van der Waals surface area contributed by atoms with Crippen LogP contribution in [0.15, 0.2) is 0 Å². The quantitative estimate of drug-likeness (QED) is 0.707. The molecule has 1 fully saturated rings. The van der Waals surface area contributed by atoms with Crippen LogP contribution in [0.1, 0.15) is 38.5 Å². The summed E-state index contributed by atoms with van der Waals surface area (Å²) in [6.45, 7) is 0. The van der Waals surface area contributed by atoms with E-state index >= 15 is 0 Å². The number of aliphatic carboxylic acids is 1. The van der Waals surface area contributed by atoms with Crippen molar-refractivity contribution in [2.24, 2.45) is 0 Å². The molecule has 14 heavy (non-hydrogen) atoms. The molecule has 0 aliphatic heterocycles. The number of carbonyl (C=O) groups is 1. The fraction of sp³-hybridized carbons (Fsp3) is 0.900. The van der Waals surface area contributed by atoms with E-state index in [2.05, 4.69) is 0 Å². The lowest BCUT2D eigenvalue weighted by Gasteiger charge is -2.19. The lowest BCUT2D eigenvalue weighted by molar-refractivity contribution is -0.136. The maximum absolute atomic E-state index is 10.3. The number of hydrogen-bond acceptors (Lipinski definition) is 3. The van der Waals surface area contributed by atoms with Crippen molar-refractivity contribution in [1.82, 2.24) is 0 Å². The van der Waals surface area contributed by atoms with E-state index in [1.54, 1.807) is 11.8 Å². The van der Waals surface area contributed by atoms with Crippen LogP contribution in [0.4, 0.5) is 0 Å². The summed E-state index contributed by atoms with van der Waals surface area (Å²) in [6.07, 6.45) is 5.37. The number of rotatable bonds is 4. The molecule has 0 aromatic carbocycles. The first-order valence-electron chi connectivity index (χ1n) is 5.21. The average molecular weight is 218 g/mol. The van der Waals surface area contributed by atoms with Gasteiger partial charge in [0.05, 0.1) is 12.5 Å². The van der Waals surface area contributed by atoms with E-state index in [1.165, 1.54) is 12.8 Å². The molecule has 1 saturated carbocycles.